The van der Waals surface area contributed by atoms with E-state index in [1.54, 1.807) is 24.3 Å². The van der Waals surface area contributed by atoms with Gasteiger partial charge in [-0.15, -0.1) is 0 Å². The molecule has 0 unspecified atom stereocenters. The number of benzene rings is 2. The van der Waals surface area contributed by atoms with Crippen LogP contribution in [-0.4, -0.2) is 17.6 Å². The number of carbonyl (C=O) groups excluding carboxylic acids is 1. The van der Waals surface area contributed by atoms with Crippen molar-refractivity contribution in [1.29, 1.82) is 0 Å². The van der Waals surface area contributed by atoms with E-state index >= 15 is 0 Å². The number of carbonyl (C=O) groups is 1. The molecular formula is C16H15BrN2O2S. The molecule has 6 heteroatoms. The second-order valence-corrected chi connectivity index (χ2v) is 5.61. The van der Waals surface area contributed by atoms with Gasteiger partial charge in [0.1, 0.15) is 5.75 Å². The van der Waals surface area contributed by atoms with Crippen molar-refractivity contribution < 1.29 is 9.53 Å². The number of hydrogen-bond donors (Lipinski definition) is 2. The van der Waals surface area contributed by atoms with E-state index in [1.165, 1.54) is 0 Å². The molecule has 0 bridgehead atoms. The summed E-state index contributed by atoms with van der Waals surface area (Å²) in [7, 11) is 0. The fourth-order valence-corrected chi connectivity index (χ4v) is 2.37. The van der Waals surface area contributed by atoms with E-state index in [0.29, 0.717) is 17.9 Å². The molecule has 0 saturated carbocycles. The predicted molar refractivity (Wildman–Crippen MR) is 95.4 cm³/mol. The fraction of sp³-hybridized carbons (Fsp3) is 0.125. The van der Waals surface area contributed by atoms with E-state index < -0.39 is 0 Å². The zero-order chi connectivity index (χ0) is 15.9. The minimum absolute atomic E-state index is 0.235. The molecule has 2 N–H and O–H groups in total. The molecule has 0 heterocycles. The lowest BCUT2D eigenvalue weighted by Gasteiger charge is -2.11. The van der Waals surface area contributed by atoms with Crippen LogP contribution in [0, 0.1) is 0 Å². The molecule has 2 aromatic rings. The number of ether oxygens (including phenoxy) is 1. The molecular weight excluding hydrogens is 364 g/mol. The number of nitrogens with one attached hydrogen (secondary N) is 2. The summed E-state index contributed by atoms with van der Waals surface area (Å²) >= 11 is 8.57. The summed E-state index contributed by atoms with van der Waals surface area (Å²) < 4.78 is 6.24. The summed E-state index contributed by atoms with van der Waals surface area (Å²) in [6, 6.07) is 14.5. The average molecular weight is 379 g/mol. The maximum Gasteiger partial charge on any atom is 0.257 e. The Morgan fingerprint density at radius 1 is 1.23 bits per heavy atom. The van der Waals surface area contributed by atoms with Crippen molar-refractivity contribution >= 4 is 44.9 Å². The first-order valence-corrected chi connectivity index (χ1v) is 7.90. The molecule has 22 heavy (non-hydrogen) atoms. The summed E-state index contributed by atoms with van der Waals surface area (Å²) in [6.45, 7) is 2.44. The highest BCUT2D eigenvalue weighted by Gasteiger charge is 2.09. The molecule has 0 aliphatic heterocycles. The number of rotatable bonds is 4. The van der Waals surface area contributed by atoms with Crippen LogP contribution < -0.4 is 15.4 Å². The second kappa shape index (κ2) is 7.91. The standard InChI is InChI=1S/C16H15BrN2O2S/c1-2-21-12-7-5-6-11(10-12)15(20)19-16(22)18-14-9-4-3-8-13(14)17/h3-10H,2H2,1H3,(H2,18,19,20,22). The summed E-state index contributed by atoms with van der Waals surface area (Å²) in [5.74, 6) is 0.367. The third-order valence-electron chi connectivity index (χ3n) is 2.76. The van der Waals surface area contributed by atoms with Gasteiger partial charge in [0.25, 0.3) is 5.91 Å². The Balaban J connectivity index is 2.01. The Morgan fingerprint density at radius 2 is 2.00 bits per heavy atom. The van der Waals surface area contributed by atoms with Crippen molar-refractivity contribution in [2.24, 2.45) is 0 Å². The van der Waals surface area contributed by atoms with Crippen LogP contribution in [0.5, 0.6) is 5.75 Å². The van der Waals surface area contributed by atoms with Crippen molar-refractivity contribution in [3.05, 3.63) is 58.6 Å². The topological polar surface area (TPSA) is 50.4 Å². The molecule has 2 aromatic carbocycles. The molecule has 0 aliphatic carbocycles. The Kier molecular flexibility index (Phi) is 5.91. The zero-order valence-corrected chi connectivity index (χ0v) is 14.3. The minimum atomic E-state index is -0.286. The maximum atomic E-state index is 12.2. The first kappa shape index (κ1) is 16.5. The lowest BCUT2D eigenvalue weighted by molar-refractivity contribution is 0.0977. The van der Waals surface area contributed by atoms with E-state index in [1.807, 2.05) is 31.2 Å². The van der Waals surface area contributed by atoms with E-state index in [0.717, 1.165) is 10.2 Å². The Bertz CT molecular complexity index is 691. The van der Waals surface area contributed by atoms with Crippen molar-refractivity contribution in [2.75, 3.05) is 11.9 Å². The number of thiocarbonyl (C=S) groups is 1. The number of amides is 1. The lowest BCUT2D eigenvalue weighted by Crippen LogP contribution is -2.34. The van der Waals surface area contributed by atoms with Crippen molar-refractivity contribution in [2.45, 2.75) is 6.92 Å². The zero-order valence-electron chi connectivity index (χ0n) is 11.9. The molecule has 0 atom stereocenters. The molecule has 4 nitrogen and oxygen atoms in total. The predicted octanol–water partition coefficient (Wildman–Crippen LogP) is 3.97. The van der Waals surface area contributed by atoms with Crippen LogP contribution in [-0.2, 0) is 0 Å². The maximum absolute atomic E-state index is 12.2. The molecule has 0 aromatic heterocycles. The average Bonchev–Trinajstić information content (AvgIpc) is 2.50. The normalized spacial score (nSPS) is 9.91. The van der Waals surface area contributed by atoms with Gasteiger partial charge in [0.15, 0.2) is 5.11 Å². The molecule has 0 radical (unpaired) electrons. The Hall–Kier alpha value is -1.92. The van der Waals surface area contributed by atoms with Crippen LogP contribution in [0.1, 0.15) is 17.3 Å². The summed E-state index contributed by atoms with van der Waals surface area (Å²) in [5.41, 5.74) is 1.28. The van der Waals surface area contributed by atoms with Crippen LogP contribution in [0.3, 0.4) is 0 Å². The molecule has 0 saturated heterocycles. The number of anilines is 1. The van der Waals surface area contributed by atoms with Gasteiger partial charge in [-0.1, -0.05) is 18.2 Å². The highest BCUT2D eigenvalue weighted by Crippen LogP contribution is 2.21. The summed E-state index contributed by atoms with van der Waals surface area (Å²) in [4.78, 5) is 12.2. The van der Waals surface area contributed by atoms with E-state index in [4.69, 9.17) is 17.0 Å². The SMILES string of the molecule is CCOc1cccc(C(=O)NC(=S)Nc2ccccc2Br)c1. The molecule has 0 spiro atoms. The molecule has 114 valence electrons. The number of para-hydroxylation sites is 1. The van der Waals surface area contributed by atoms with Crippen molar-refractivity contribution in [1.82, 2.24) is 5.32 Å². The Morgan fingerprint density at radius 3 is 2.73 bits per heavy atom. The van der Waals surface area contributed by atoms with Gasteiger partial charge in [0.2, 0.25) is 0 Å². The van der Waals surface area contributed by atoms with E-state index in [2.05, 4.69) is 26.6 Å². The highest BCUT2D eigenvalue weighted by atomic mass is 79.9. The third-order valence-corrected chi connectivity index (χ3v) is 3.65. The second-order valence-electron chi connectivity index (χ2n) is 4.35. The van der Waals surface area contributed by atoms with Gasteiger partial charge < -0.3 is 10.1 Å². The van der Waals surface area contributed by atoms with Gasteiger partial charge in [-0.25, -0.2) is 0 Å². The van der Waals surface area contributed by atoms with Crippen molar-refractivity contribution in [3.8, 4) is 5.75 Å². The first-order valence-electron chi connectivity index (χ1n) is 6.70. The first-order chi connectivity index (χ1) is 10.6. The quantitative estimate of drug-likeness (QED) is 0.790. The van der Waals surface area contributed by atoms with Crippen LogP contribution in [0.2, 0.25) is 0 Å². The molecule has 0 aliphatic rings. The van der Waals surface area contributed by atoms with Gasteiger partial charge in [-0.3, -0.25) is 10.1 Å². The van der Waals surface area contributed by atoms with Crippen LogP contribution in [0.4, 0.5) is 5.69 Å². The molecule has 1 amide bonds. The summed E-state index contributed by atoms with van der Waals surface area (Å²) in [6.07, 6.45) is 0. The fourth-order valence-electron chi connectivity index (χ4n) is 1.79. The smallest absolute Gasteiger partial charge is 0.257 e. The van der Waals surface area contributed by atoms with Crippen molar-refractivity contribution in [3.63, 3.8) is 0 Å². The van der Waals surface area contributed by atoms with Gasteiger partial charge in [-0.2, -0.15) is 0 Å². The molecule has 2 rings (SSSR count). The summed E-state index contributed by atoms with van der Waals surface area (Å²) in [5, 5.41) is 5.85. The number of hydrogen-bond acceptors (Lipinski definition) is 3. The Labute approximate surface area is 143 Å². The van der Waals surface area contributed by atoms with Crippen LogP contribution in [0.25, 0.3) is 0 Å². The lowest BCUT2D eigenvalue weighted by atomic mass is 10.2. The van der Waals surface area contributed by atoms with Gasteiger partial charge in [-0.05, 0) is 65.4 Å². The highest BCUT2D eigenvalue weighted by molar-refractivity contribution is 9.10. The van der Waals surface area contributed by atoms with Crippen LogP contribution >= 0.6 is 28.1 Å². The van der Waals surface area contributed by atoms with E-state index in [-0.39, 0.29) is 11.0 Å². The van der Waals surface area contributed by atoms with Gasteiger partial charge >= 0.3 is 0 Å². The van der Waals surface area contributed by atoms with Gasteiger partial charge in [0, 0.05) is 10.0 Å². The third kappa shape index (κ3) is 4.54. The number of halogens is 1. The monoisotopic (exact) mass is 378 g/mol. The largest absolute Gasteiger partial charge is 0.494 e. The molecule has 0 fully saturated rings. The van der Waals surface area contributed by atoms with E-state index in [9.17, 15) is 4.79 Å². The van der Waals surface area contributed by atoms with Crippen LogP contribution in [0.15, 0.2) is 53.0 Å². The van der Waals surface area contributed by atoms with Gasteiger partial charge in [0.05, 0.1) is 12.3 Å². The minimum Gasteiger partial charge on any atom is -0.494 e.